The van der Waals surface area contributed by atoms with Crippen molar-refractivity contribution in [3.8, 4) is 0 Å². The molecule has 7 heteroatoms. The van der Waals surface area contributed by atoms with E-state index < -0.39 is 12.1 Å². The van der Waals surface area contributed by atoms with E-state index in [2.05, 4.69) is 10.2 Å². The molecule has 1 saturated heterocycles. The summed E-state index contributed by atoms with van der Waals surface area (Å²) in [6.45, 7) is 4.14. The van der Waals surface area contributed by atoms with Gasteiger partial charge in [-0.3, -0.25) is 4.79 Å². The van der Waals surface area contributed by atoms with Crippen LogP contribution in [0.3, 0.4) is 0 Å². The first-order valence-electron chi connectivity index (χ1n) is 6.76. The Hall–Kier alpha value is -1.95. The van der Waals surface area contributed by atoms with E-state index in [-0.39, 0.29) is 5.91 Å². The average Bonchev–Trinajstić information content (AvgIpc) is 2.47. The zero-order valence-electron chi connectivity index (χ0n) is 11.8. The third kappa shape index (κ3) is 4.01. The second-order valence-corrected chi connectivity index (χ2v) is 5.40. The zero-order chi connectivity index (χ0) is 15.4. The normalized spacial score (nSPS) is 16.5. The lowest BCUT2D eigenvalue weighted by molar-refractivity contribution is -0.133. The smallest absolute Gasteiger partial charge is 0.405 e. The van der Waals surface area contributed by atoms with Crippen molar-refractivity contribution in [3.63, 3.8) is 0 Å². The molecule has 0 spiro atoms. The van der Waals surface area contributed by atoms with Gasteiger partial charge in [0.15, 0.2) is 0 Å². The fourth-order valence-corrected chi connectivity index (χ4v) is 2.48. The number of carboxylic acid groups (broad SMARTS) is 1. The number of nitrogens with zero attached hydrogens (tertiary/aromatic N) is 2. The van der Waals surface area contributed by atoms with Gasteiger partial charge in [0.25, 0.3) is 0 Å². The summed E-state index contributed by atoms with van der Waals surface area (Å²) >= 11 is 5.87. The highest BCUT2D eigenvalue weighted by atomic mass is 35.5. The highest BCUT2D eigenvalue weighted by Crippen LogP contribution is 2.19. The van der Waals surface area contributed by atoms with Crippen molar-refractivity contribution in [1.29, 1.82) is 0 Å². The van der Waals surface area contributed by atoms with Gasteiger partial charge in [-0.15, -0.1) is 0 Å². The molecule has 2 N–H and O–H groups in total. The molecule has 1 aliphatic heterocycles. The first-order chi connectivity index (χ1) is 9.97. The summed E-state index contributed by atoms with van der Waals surface area (Å²) in [4.78, 5) is 26.5. The van der Waals surface area contributed by atoms with E-state index in [0.717, 1.165) is 5.69 Å². The molecule has 1 aliphatic rings. The van der Waals surface area contributed by atoms with Crippen LogP contribution >= 0.6 is 11.6 Å². The molecular weight excluding hydrogens is 294 g/mol. The largest absolute Gasteiger partial charge is 0.465 e. The van der Waals surface area contributed by atoms with Gasteiger partial charge in [0.1, 0.15) is 6.04 Å². The van der Waals surface area contributed by atoms with Crippen molar-refractivity contribution in [2.24, 2.45) is 0 Å². The number of benzene rings is 1. The van der Waals surface area contributed by atoms with Crippen molar-refractivity contribution in [3.05, 3.63) is 29.3 Å². The predicted molar refractivity (Wildman–Crippen MR) is 80.9 cm³/mol. The third-order valence-corrected chi connectivity index (χ3v) is 3.75. The number of carbonyl (C=O) groups excluding carboxylic acids is 1. The van der Waals surface area contributed by atoms with E-state index in [1.165, 1.54) is 0 Å². The first kappa shape index (κ1) is 15.4. The number of piperazine rings is 1. The molecule has 0 unspecified atom stereocenters. The van der Waals surface area contributed by atoms with Crippen LogP contribution in [0.5, 0.6) is 0 Å². The maximum Gasteiger partial charge on any atom is 0.405 e. The van der Waals surface area contributed by atoms with E-state index in [9.17, 15) is 9.59 Å². The van der Waals surface area contributed by atoms with Crippen LogP contribution in [0.15, 0.2) is 24.3 Å². The van der Waals surface area contributed by atoms with Crippen LogP contribution < -0.4 is 10.2 Å². The Labute approximate surface area is 128 Å². The minimum absolute atomic E-state index is 0.187. The number of rotatable bonds is 3. The SMILES string of the molecule is C[C@H](NC(=O)O)C(=O)N1CCN(c2ccc(Cl)cc2)CC1. The molecule has 21 heavy (non-hydrogen) atoms. The van der Waals surface area contributed by atoms with Crippen LogP contribution in [0.1, 0.15) is 6.92 Å². The molecule has 6 nitrogen and oxygen atoms in total. The Morgan fingerprint density at radius 3 is 2.29 bits per heavy atom. The van der Waals surface area contributed by atoms with Crippen molar-refractivity contribution in [2.75, 3.05) is 31.1 Å². The van der Waals surface area contributed by atoms with Gasteiger partial charge in [0.05, 0.1) is 0 Å². The molecule has 1 atom stereocenters. The summed E-state index contributed by atoms with van der Waals surface area (Å²) in [6, 6.07) is 6.87. The molecule has 2 amide bonds. The van der Waals surface area contributed by atoms with E-state index in [4.69, 9.17) is 16.7 Å². The minimum atomic E-state index is -1.18. The summed E-state index contributed by atoms with van der Waals surface area (Å²) in [7, 11) is 0. The van der Waals surface area contributed by atoms with E-state index in [1.807, 2.05) is 24.3 Å². The van der Waals surface area contributed by atoms with Crippen LogP contribution in [0.2, 0.25) is 5.02 Å². The number of anilines is 1. The Balaban J connectivity index is 1.89. The molecule has 0 aliphatic carbocycles. The fraction of sp³-hybridized carbons (Fsp3) is 0.429. The Morgan fingerprint density at radius 1 is 1.19 bits per heavy atom. The molecule has 2 rings (SSSR count). The lowest BCUT2D eigenvalue weighted by atomic mass is 10.2. The van der Waals surface area contributed by atoms with Gasteiger partial charge in [-0.05, 0) is 31.2 Å². The summed E-state index contributed by atoms with van der Waals surface area (Å²) in [5.41, 5.74) is 1.07. The van der Waals surface area contributed by atoms with E-state index >= 15 is 0 Å². The topological polar surface area (TPSA) is 72.9 Å². The van der Waals surface area contributed by atoms with Crippen LogP contribution in [-0.2, 0) is 4.79 Å². The maximum atomic E-state index is 12.1. The number of amides is 2. The van der Waals surface area contributed by atoms with Gasteiger partial charge in [-0.2, -0.15) is 0 Å². The molecule has 1 fully saturated rings. The molecule has 0 bridgehead atoms. The molecule has 0 aromatic heterocycles. The van der Waals surface area contributed by atoms with Gasteiger partial charge in [-0.25, -0.2) is 4.79 Å². The second-order valence-electron chi connectivity index (χ2n) is 4.96. The number of hydrogen-bond donors (Lipinski definition) is 2. The highest BCUT2D eigenvalue weighted by Gasteiger charge is 2.25. The van der Waals surface area contributed by atoms with Gasteiger partial charge < -0.3 is 20.2 Å². The summed E-state index contributed by atoms with van der Waals surface area (Å²) < 4.78 is 0. The molecule has 114 valence electrons. The van der Waals surface area contributed by atoms with Crippen molar-refractivity contribution < 1.29 is 14.7 Å². The molecular formula is C14H18ClN3O3. The van der Waals surface area contributed by atoms with Crippen LogP contribution in [0, 0.1) is 0 Å². The van der Waals surface area contributed by atoms with Gasteiger partial charge in [0.2, 0.25) is 5.91 Å². The number of halogens is 1. The Kier molecular flexibility index (Phi) is 4.90. The van der Waals surface area contributed by atoms with Crippen molar-refractivity contribution in [2.45, 2.75) is 13.0 Å². The molecule has 0 radical (unpaired) electrons. The van der Waals surface area contributed by atoms with E-state index in [1.54, 1.807) is 11.8 Å². The Morgan fingerprint density at radius 2 is 1.76 bits per heavy atom. The third-order valence-electron chi connectivity index (χ3n) is 3.49. The van der Waals surface area contributed by atoms with Gasteiger partial charge >= 0.3 is 6.09 Å². The summed E-state index contributed by atoms with van der Waals surface area (Å²) in [5.74, 6) is -0.187. The first-order valence-corrected chi connectivity index (χ1v) is 7.14. The molecule has 1 aromatic carbocycles. The monoisotopic (exact) mass is 311 g/mol. The summed E-state index contributed by atoms with van der Waals surface area (Å²) in [5, 5.41) is 11.5. The predicted octanol–water partition coefficient (Wildman–Crippen LogP) is 1.64. The van der Waals surface area contributed by atoms with Crippen molar-refractivity contribution in [1.82, 2.24) is 10.2 Å². The van der Waals surface area contributed by atoms with Gasteiger partial charge in [0, 0.05) is 36.9 Å². The Bertz CT molecular complexity index is 513. The summed E-state index contributed by atoms with van der Waals surface area (Å²) in [6.07, 6.45) is -1.18. The van der Waals surface area contributed by atoms with Crippen LogP contribution in [0.4, 0.5) is 10.5 Å². The zero-order valence-corrected chi connectivity index (χ0v) is 12.5. The highest BCUT2D eigenvalue weighted by molar-refractivity contribution is 6.30. The number of nitrogens with one attached hydrogen (secondary N) is 1. The van der Waals surface area contributed by atoms with Crippen LogP contribution in [0.25, 0.3) is 0 Å². The average molecular weight is 312 g/mol. The molecule has 0 saturated carbocycles. The molecule has 1 heterocycles. The minimum Gasteiger partial charge on any atom is -0.465 e. The molecule has 1 aromatic rings. The van der Waals surface area contributed by atoms with Crippen LogP contribution in [-0.4, -0.2) is 54.2 Å². The fourth-order valence-electron chi connectivity index (χ4n) is 2.36. The lowest BCUT2D eigenvalue weighted by Gasteiger charge is -2.37. The van der Waals surface area contributed by atoms with Gasteiger partial charge in [-0.1, -0.05) is 11.6 Å². The standard InChI is InChI=1S/C14H18ClN3O3/c1-10(16-14(20)21)13(19)18-8-6-17(7-9-18)12-4-2-11(15)3-5-12/h2-5,10,16H,6-9H2,1H3,(H,20,21)/t10-/m0/s1. The number of hydrogen-bond acceptors (Lipinski definition) is 3. The quantitative estimate of drug-likeness (QED) is 0.890. The maximum absolute atomic E-state index is 12.1. The second kappa shape index (κ2) is 6.67. The number of carbonyl (C=O) groups is 2. The van der Waals surface area contributed by atoms with E-state index in [0.29, 0.717) is 31.2 Å². The lowest BCUT2D eigenvalue weighted by Crippen LogP contribution is -2.54. The van der Waals surface area contributed by atoms with Crippen molar-refractivity contribution >= 4 is 29.3 Å².